The van der Waals surface area contributed by atoms with E-state index >= 15 is 0 Å². The second kappa shape index (κ2) is 13.0. The molecule has 2 N–H and O–H groups in total. The molecule has 1 spiro atoms. The van der Waals surface area contributed by atoms with Gasteiger partial charge in [-0.25, -0.2) is 0 Å². The zero-order chi connectivity index (χ0) is 33.4. The first-order valence-corrected chi connectivity index (χ1v) is 16.5. The number of carbonyl (C=O) groups excluding carboxylic acids is 4. The summed E-state index contributed by atoms with van der Waals surface area (Å²) in [4.78, 5) is 59.7. The molecule has 1 aromatic carbocycles. The zero-order valence-electron chi connectivity index (χ0n) is 27.9. The second-order valence-corrected chi connectivity index (χ2v) is 14.9. The molecule has 2 fully saturated rings. The minimum Gasteiger partial charge on any atom is -0.463 e. The smallest absolute Gasteiger partial charge is 0.306 e. The van der Waals surface area contributed by atoms with E-state index in [0.717, 1.165) is 5.56 Å². The molecule has 0 aliphatic carbocycles. The van der Waals surface area contributed by atoms with Gasteiger partial charge in [-0.15, -0.1) is 0 Å². The third kappa shape index (κ3) is 6.26. The average Bonchev–Trinajstić information content (AvgIpc) is 3.37. The lowest BCUT2D eigenvalue weighted by molar-refractivity contribution is -0.155. The number of rotatable bonds is 6. The first kappa shape index (κ1) is 33.9. The van der Waals surface area contributed by atoms with Crippen molar-refractivity contribution in [2.24, 2.45) is 17.3 Å². The molecule has 4 aliphatic rings. The normalized spacial score (nSPS) is 31.9. The molecule has 2 saturated heterocycles. The van der Waals surface area contributed by atoms with Crippen LogP contribution in [0.5, 0.6) is 0 Å². The minimum atomic E-state index is -1.44. The lowest BCUT2D eigenvalue weighted by Gasteiger charge is -2.45. The SMILES string of the molecule is CC[C@@H](CO)N1C(=O)[C@H]2[C@@H]3C(=O)N[C@@H](c4ccccc4)COC(=O)CC/C=C\[C@@H]3O[C@]23C=CCN(C(C)(C)CC(C)(C)C)C(=O)[C@H]13. The van der Waals surface area contributed by atoms with Gasteiger partial charge in [0.05, 0.1) is 36.6 Å². The predicted octanol–water partition coefficient (Wildman–Crippen LogP) is 3.70. The second-order valence-electron chi connectivity index (χ2n) is 14.9. The summed E-state index contributed by atoms with van der Waals surface area (Å²) >= 11 is 0. The summed E-state index contributed by atoms with van der Waals surface area (Å²) in [6.45, 7) is 12.3. The van der Waals surface area contributed by atoms with E-state index in [9.17, 15) is 24.3 Å². The number of aliphatic hydroxyl groups excluding tert-OH is 1. The lowest BCUT2D eigenvalue weighted by atomic mass is 9.77. The van der Waals surface area contributed by atoms with Crippen molar-refractivity contribution in [1.29, 1.82) is 0 Å². The van der Waals surface area contributed by atoms with Crippen molar-refractivity contribution in [2.45, 2.75) is 103 Å². The van der Waals surface area contributed by atoms with Crippen molar-refractivity contribution in [3.63, 3.8) is 0 Å². The number of aliphatic hydroxyl groups is 1. The molecule has 10 heteroatoms. The largest absolute Gasteiger partial charge is 0.463 e. The highest BCUT2D eigenvalue weighted by Gasteiger charge is 2.72. The molecule has 3 amide bonds. The van der Waals surface area contributed by atoms with Gasteiger partial charge in [0, 0.05) is 18.5 Å². The van der Waals surface area contributed by atoms with Crippen LogP contribution < -0.4 is 5.32 Å². The topological polar surface area (TPSA) is 125 Å². The zero-order valence-corrected chi connectivity index (χ0v) is 27.9. The van der Waals surface area contributed by atoms with Crippen LogP contribution in [0.15, 0.2) is 54.6 Å². The van der Waals surface area contributed by atoms with E-state index in [0.29, 0.717) is 25.8 Å². The molecular formula is C36H49N3O7. The Bertz CT molecular complexity index is 1380. The number of allylic oxidation sites excluding steroid dienone is 1. The number of hydrogen-bond acceptors (Lipinski definition) is 7. The Morgan fingerprint density at radius 1 is 1.04 bits per heavy atom. The molecule has 1 aromatic rings. The summed E-state index contributed by atoms with van der Waals surface area (Å²) in [6, 6.07) is 6.89. The van der Waals surface area contributed by atoms with Crippen molar-refractivity contribution >= 4 is 23.7 Å². The van der Waals surface area contributed by atoms with Crippen LogP contribution in [0.25, 0.3) is 0 Å². The van der Waals surface area contributed by atoms with Crippen LogP contribution in [-0.4, -0.2) is 87.7 Å². The Morgan fingerprint density at radius 2 is 1.76 bits per heavy atom. The van der Waals surface area contributed by atoms with Crippen molar-refractivity contribution in [3.8, 4) is 0 Å². The molecule has 0 unspecified atom stereocenters. The van der Waals surface area contributed by atoms with Crippen LogP contribution in [0.1, 0.15) is 78.8 Å². The fourth-order valence-corrected chi connectivity index (χ4v) is 8.12. The Balaban J connectivity index is 1.61. The van der Waals surface area contributed by atoms with Gasteiger partial charge in [-0.3, -0.25) is 19.2 Å². The highest BCUT2D eigenvalue weighted by atomic mass is 16.5. The maximum Gasteiger partial charge on any atom is 0.306 e. The summed E-state index contributed by atoms with van der Waals surface area (Å²) in [5, 5.41) is 13.5. The third-order valence-corrected chi connectivity index (χ3v) is 9.77. The molecule has 0 saturated carbocycles. The molecule has 4 heterocycles. The molecule has 0 bridgehead atoms. The quantitative estimate of drug-likeness (QED) is 0.361. The number of fused-ring (bicyclic) bond motifs is 2. The number of benzene rings is 1. The molecule has 7 atom stereocenters. The van der Waals surface area contributed by atoms with Crippen LogP contribution in [0, 0.1) is 17.3 Å². The van der Waals surface area contributed by atoms with Crippen molar-refractivity contribution in [1.82, 2.24) is 15.1 Å². The Hall–Kier alpha value is -3.50. The van der Waals surface area contributed by atoms with E-state index < -0.39 is 53.1 Å². The van der Waals surface area contributed by atoms with Gasteiger partial charge in [-0.05, 0) is 44.1 Å². The van der Waals surface area contributed by atoms with Gasteiger partial charge in [-0.1, -0.05) is 82.3 Å². The standard InChI is InChI=1S/C36H49N3O7/c1-7-24(20-40)39-30-33(44)38(35(5,6)22-34(2,3)4)19-13-18-36(30)29(32(39)43)28-26(46-36)16-11-12-17-27(41)45-21-25(37-31(28)42)23-14-9-8-10-15-23/h8-11,13-16,18,24-26,28-30,40H,7,12,17,19-22H2,1-6H3,(H,37,42)/b16-11-/t24-,25+,26-,28+,29+,30-,36+/m0/s1. The summed E-state index contributed by atoms with van der Waals surface area (Å²) in [6.07, 6.45) is 8.06. The highest BCUT2D eigenvalue weighted by molar-refractivity contribution is 6.00. The fraction of sp³-hybridized carbons (Fsp3) is 0.611. The summed E-state index contributed by atoms with van der Waals surface area (Å²) in [7, 11) is 0. The summed E-state index contributed by atoms with van der Waals surface area (Å²) in [5.41, 5.74) is -1.31. The molecule has 250 valence electrons. The predicted molar refractivity (Wildman–Crippen MR) is 172 cm³/mol. The molecule has 0 radical (unpaired) electrons. The highest BCUT2D eigenvalue weighted by Crippen LogP contribution is 2.54. The van der Waals surface area contributed by atoms with Gasteiger partial charge >= 0.3 is 5.97 Å². The number of hydrogen-bond donors (Lipinski definition) is 2. The first-order valence-electron chi connectivity index (χ1n) is 16.5. The molecule has 46 heavy (non-hydrogen) atoms. The van der Waals surface area contributed by atoms with Gasteiger partial charge in [0.15, 0.2) is 0 Å². The van der Waals surface area contributed by atoms with Crippen LogP contribution >= 0.6 is 0 Å². The molecular weight excluding hydrogens is 586 g/mol. The Labute approximate surface area is 272 Å². The Kier molecular flexibility index (Phi) is 9.53. The molecule has 10 nitrogen and oxygen atoms in total. The lowest BCUT2D eigenvalue weighted by Crippen LogP contribution is -2.61. The van der Waals surface area contributed by atoms with E-state index in [1.165, 1.54) is 4.90 Å². The summed E-state index contributed by atoms with van der Waals surface area (Å²) in [5.74, 6) is -3.44. The monoisotopic (exact) mass is 635 g/mol. The number of esters is 1. The number of ether oxygens (including phenoxy) is 2. The van der Waals surface area contributed by atoms with E-state index in [1.807, 2.05) is 68.2 Å². The van der Waals surface area contributed by atoms with Crippen molar-refractivity contribution in [3.05, 3.63) is 60.2 Å². The van der Waals surface area contributed by atoms with Crippen molar-refractivity contribution < 1.29 is 33.8 Å². The number of carbonyl (C=O) groups is 4. The van der Waals surface area contributed by atoms with Crippen LogP contribution in [0.3, 0.4) is 0 Å². The maximum absolute atomic E-state index is 14.8. The molecule has 4 aliphatic heterocycles. The number of nitrogens with one attached hydrogen (secondary N) is 1. The van der Waals surface area contributed by atoms with Crippen LogP contribution in [0.2, 0.25) is 0 Å². The van der Waals surface area contributed by atoms with Crippen LogP contribution in [-0.2, 0) is 28.7 Å². The van der Waals surface area contributed by atoms with E-state index in [1.54, 1.807) is 12.2 Å². The number of likely N-dealkylation sites (tertiary alicyclic amines) is 1. The first-order chi connectivity index (χ1) is 21.7. The van der Waals surface area contributed by atoms with Crippen LogP contribution in [0.4, 0.5) is 0 Å². The minimum absolute atomic E-state index is 0.0618. The Morgan fingerprint density at radius 3 is 2.41 bits per heavy atom. The number of nitrogens with zero attached hydrogens (tertiary/aromatic N) is 2. The average molecular weight is 636 g/mol. The van der Waals surface area contributed by atoms with Gasteiger partial charge in [0.2, 0.25) is 17.7 Å². The number of cyclic esters (lactones) is 1. The third-order valence-electron chi connectivity index (χ3n) is 9.77. The number of amides is 3. The van der Waals surface area contributed by atoms with Gasteiger partial charge in [-0.2, -0.15) is 0 Å². The van der Waals surface area contributed by atoms with E-state index in [-0.39, 0.29) is 42.8 Å². The summed E-state index contributed by atoms with van der Waals surface area (Å²) < 4.78 is 12.4. The molecule has 0 aromatic heterocycles. The molecule has 5 rings (SSSR count). The fourth-order valence-electron chi connectivity index (χ4n) is 8.12. The van der Waals surface area contributed by atoms with E-state index in [2.05, 4.69) is 26.1 Å². The maximum atomic E-state index is 14.8. The van der Waals surface area contributed by atoms with Gasteiger partial charge in [0.1, 0.15) is 18.2 Å². The van der Waals surface area contributed by atoms with E-state index in [4.69, 9.17) is 9.47 Å². The van der Waals surface area contributed by atoms with Gasteiger partial charge < -0.3 is 29.7 Å². The van der Waals surface area contributed by atoms with Gasteiger partial charge in [0.25, 0.3) is 0 Å². The van der Waals surface area contributed by atoms with Crippen molar-refractivity contribution in [2.75, 3.05) is 19.8 Å².